The molecule has 2 aromatic heterocycles. The molecular formula is C20H26N8S. The van der Waals surface area contributed by atoms with E-state index in [4.69, 9.17) is 16.7 Å². The molecule has 29 heavy (non-hydrogen) atoms. The van der Waals surface area contributed by atoms with Gasteiger partial charge in [-0.25, -0.2) is 9.98 Å². The molecule has 1 saturated heterocycles. The number of nitrogens with two attached hydrogens (primary N) is 2. The van der Waals surface area contributed by atoms with Gasteiger partial charge in [0.15, 0.2) is 5.82 Å². The fourth-order valence-corrected chi connectivity index (χ4v) is 5.23. The number of rotatable bonds is 6. The second-order valence-electron chi connectivity index (χ2n) is 7.93. The van der Waals surface area contributed by atoms with Crippen LogP contribution in [0, 0.1) is 23.2 Å². The Kier molecular flexibility index (Phi) is 5.65. The Labute approximate surface area is 174 Å². The summed E-state index contributed by atoms with van der Waals surface area (Å²) >= 11 is 1.55. The van der Waals surface area contributed by atoms with Gasteiger partial charge in [0.25, 0.3) is 0 Å². The second kappa shape index (κ2) is 8.35. The number of hydrogen-bond donors (Lipinski definition) is 3. The summed E-state index contributed by atoms with van der Waals surface area (Å²) < 4.78 is 0.915. The summed E-state index contributed by atoms with van der Waals surface area (Å²) in [5.74, 6) is 2.87. The first-order valence-electron chi connectivity index (χ1n) is 9.91. The van der Waals surface area contributed by atoms with Gasteiger partial charge in [-0.05, 0) is 49.1 Å². The van der Waals surface area contributed by atoms with E-state index in [9.17, 15) is 0 Å². The minimum atomic E-state index is 0.331. The molecule has 9 heteroatoms. The lowest BCUT2D eigenvalue weighted by Crippen LogP contribution is -2.26. The lowest BCUT2D eigenvalue weighted by molar-refractivity contribution is 0.315. The average Bonchev–Trinajstić information content (AvgIpc) is 3.33. The molecule has 0 aromatic carbocycles. The van der Waals surface area contributed by atoms with Crippen molar-refractivity contribution >= 4 is 39.2 Å². The Morgan fingerprint density at radius 1 is 1.38 bits per heavy atom. The van der Waals surface area contributed by atoms with E-state index in [0.717, 1.165) is 42.7 Å². The van der Waals surface area contributed by atoms with Gasteiger partial charge in [-0.3, -0.25) is 0 Å². The topological polar surface area (TPSA) is 129 Å². The largest absolute Gasteiger partial charge is 0.402 e. The van der Waals surface area contributed by atoms with E-state index in [1.807, 2.05) is 11.4 Å². The Hall–Kier alpha value is -2.70. The summed E-state index contributed by atoms with van der Waals surface area (Å²) in [6.07, 6.45) is 4.45. The van der Waals surface area contributed by atoms with Crippen molar-refractivity contribution < 1.29 is 0 Å². The number of nitriles is 1. The predicted octanol–water partition coefficient (Wildman–Crippen LogP) is 2.58. The zero-order valence-corrected chi connectivity index (χ0v) is 17.3. The van der Waals surface area contributed by atoms with Crippen LogP contribution in [0.5, 0.6) is 0 Å². The number of nitrogens with zero attached hydrogens (tertiary/aromatic N) is 5. The van der Waals surface area contributed by atoms with Crippen molar-refractivity contribution in [3.63, 3.8) is 0 Å². The SMILES string of the molecule is C/C(N)=C/C(N)=Nc1nc(NC2C[C@@H]3CN(CCC#N)C[C@@H]3C2)nc2ccsc12. The summed E-state index contributed by atoms with van der Waals surface area (Å²) in [4.78, 5) is 16.2. The van der Waals surface area contributed by atoms with E-state index in [-0.39, 0.29) is 0 Å². The van der Waals surface area contributed by atoms with Crippen molar-refractivity contribution in [3.05, 3.63) is 23.2 Å². The van der Waals surface area contributed by atoms with E-state index < -0.39 is 0 Å². The van der Waals surface area contributed by atoms with Crippen molar-refractivity contribution in [1.29, 1.82) is 5.26 Å². The number of amidine groups is 1. The van der Waals surface area contributed by atoms with Crippen LogP contribution in [-0.4, -0.2) is 46.4 Å². The van der Waals surface area contributed by atoms with Crippen molar-refractivity contribution in [2.45, 2.75) is 32.2 Å². The van der Waals surface area contributed by atoms with Gasteiger partial charge >= 0.3 is 0 Å². The first-order chi connectivity index (χ1) is 14.0. The summed E-state index contributed by atoms with van der Waals surface area (Å²) in [5.41, 5.74) is 13.1. The van der Waals surface area contributed by atoms with E-state index in [1.54, 1.807) is 24.3 Å². The zero-order valence-electron chi connectivity index (χ0n) is 16.5. The van der Waals surface area contributed by atoms with Crippen LogP contribution in [0.15, 0.2) is 28.2 Å². The lowest BCUT2D eigenvalue weighted by Gasteiger charge is -2.18. The summed E-state index contributed by atoms with van der Waals surface area (Å²) in [6.45, 7) is 4.84. The Balaban J connectivity index is 1.47. The zero-order chi connectivity index (χ0) is 20.4. The van der Waals surface area contributed by atoms with E-state index in [1.165, 1.54) is 0 Å². The Morgan fingerprint density at radius 3 is 2.83 bits per heavy atom. The average molecular weight is 411 g/mol. The summed E-state index contributed by atoms with van der Waals surface area (Å²) in [7, 11) is 0. The van der Waals surface area contributed by atoms with Crippen LogP contribution in [0.4, 0.5) is 11.8 Å². The van der Waals surface area contributed by atoms with Crippen LogP contribution in [0.3, 0.4) is 0 Å². The van der Waals surface area contributed by atoms with Gasteiger partial charge in [-0.1, -0.05) is 0 Å². The lowest BCUT2D eigenvalue weighted by atomic mass is 10.0. The molecule has 5 N–H and O–H groups in total. The van der Waals surface area contributed by atoms with Crippen LogP contribution in [0.2, 0.25) is 0 Å². The molecule has 1 aliphatic carbocycles. The van der Waals surface area contributed by atoms with Gasteiger partial charge in [0.05, 0.1) is 16.3 Å². The number of anilines is 1. The molecule has 8 nitrogen and oxygen atoms in total. The molecule has 0 spiro atoms. The monoisotopic (exact) mass is 410 g/mol. The quantitative estimate of drug-likeness (QED) is 0.493. The number of nitrogens with one attached hydrogen (secondary N) is 1. The van der Waals surface area contributed by atoms with E-state index >= 15 is 0 Å². The van der Waals surface area contributed by atoms with Crippen LogP contribution < -0.4 is 16.8 Å². The minimum absolute atomic E-state index is 0.331. The Bertz CT molecular complexity index is 970. The third-order valence-corrected chi connectivity index (χ3v) is 6.50. The summed E-state index contributed by atoms with van der Waals surface area (Å²) in [5, 5.41) is 14.3. The van der Waals surface area contributed by atoms with Crippen molar-refractivity contribution in [1.82, 2.24) is 14.9 Å². The molecule has 1 unspecified atom stereocenters. The van der Waals surface area contributed by atoms with Gasteiger partial charge in [0.2, 0.25) is 5.95 Å². The highest BCUT2D eigenvalue weighted by atomic mass is 32.1. The number of hydrogen-bond acceptors (Lipinski definition) is 8. The first-order valence-corrected chi connectivity index (χ1v) is 10.8. The number of thiophene rings is 1. The molecule has 3 atom stereocenters. The van der Waals surface area contributed by atoms with Gasteiger partial charge in [0, 0.05) is 37.8 Å². The number of fused-ring (bicyclic) bond motifs is 2. The van der Waals surface area contributed by atoms with Gasteiger partial charge in [-0.2, -0.15) is 10.2 Å². The highest BCUT2D eigenvalue weighted by Crippen LogP contribution is 2.39. The highest BCUT2D eigenvalue weighted by Gasteiger charge is 2.40. The third kappa shape index (κ3) is 4.49. The number of allylic oxidation sites excluding steroid dienone is 1. The molecule has 3 heterocycles. The smallest absolute Gasteiger partial charge is 0.225 e. The molecule has 1 saturated carbocycles. The standard InChI is InChI=1S/C20H26N8S/c1-12(22)7-17(23)26-19-18-16(3-6-29-18)25-20(27-19)24-15-8-13-10-28(5-2-4-21)11-14(13)9-15/h3,6-7,13-15H,2,5,8-11,22H2,1H3,(H3,23,24,25,26,27)/b12-7-/t13-,14+,15?. The highest BCUT2D eigenvalue weighted by molar-refractivity contribution is 7.17. The molecule has 2 fully saturated rings. The molecule has 2 aromatic rings. The van der Waals surface area contributed by atoms with Crippen LogP contribution in [0.25, 0.3) is 10.2 Å². The maximum absolute atomic E-state index is 8.79. The fourth-order valence-electron chi connectivity index (χ4n) is 4.46. The number of aliphatic imine (C=N–C) groups is 1. The van der Waals surface area contributed by atoms with Gasteiger partial charge in [-0.15, -0.1) is 11.3 Å². The van der Waals surface area contributed by atoms with Crippen LogP contribution in [-0.2, 0) is 0 Å². The van der Waals surface area contributed by atoms with Crippen molar-refractivity contribution in [2.75, 3.05) is 25.0 Å². The fraction of sp³-hybridized carbons (Fsp3) is 0.500. The minimum Gasteiger partial charge on any atom is -0.402 e. The molecule has 2 aliphatic rings. The van der Waals surface area contributed by atoms with Crippen molar-refractivity contribution in [3.8, 4) is 6.07 Å². The van der Waals surface area contributed by atoms with E-state index in [0.29, 0.717) is 47.6 Å². The van der Waals surface area contributed by atoms with Crippen LogP contribution in [0.1, 0.15) is 26.2 Å². The summed E-state index contributed by atoms with van der Waals surface area (Å²) in [6, 6.07) is 4.58. The van der Waals surface area contributed by atoms with Crippen LogP contribution >= 0.6 is 11.3 Å². The molecule has 4 rings (SSSR count). The third-order valence-electron chi connectivity index (χ3n) is 5.60. The maximum atomic E-state index is 8.79. The number of aromatic nitrogens is 2. The van der Waals surface area contributed by atoms with Gasteiger partial charge < -0.3 is 21.7 Å². The predicted molar refractivity (Wildman–Crippen MR) is 117 cm³/mol. The maximum Gasteiger partial charge on any atom is 0.225 e. The van der Waals surface area contributed by atoms with Gasteiger partial charge in [0.1, 0.15) is 5.84 Å². The van der Waals surface area contributed by atoms with E-state index in [2.05, 4.69) is 31.2 Å². The molecule has 1 aliphatic heterocycles. The molecule has 152 valence electrons. The second-order valence-corrected chi connectivity index (χ2v) is 8.85. The molecule has 0 radical (unpaired) electrons. The molecule has 0 amide bonds. The molecule has 0 bridgehead atoms. The normalized spacial score (nSPS) is 25.3. The van der Waals surface area contributed by atoms with Crippen molar-refractivity contribution in [2.24, 2.45) is 28.3 Å². The molecular weight excluding hydrogens is 384 g/mol. The number of likely N-dealkylation sites (tertiary alicyclic amines) is 1. The Morgan fingerprint density at radius 2 is 2.14 bits per heavy atom. The first kappa shape index (κ1) is 19.6.